The van der Waals surface area contributed by atoms with Gasteiger partial charge < -0.3 is 8.97 Å². The van der Waals surface area contributed by atoms with E-state index in [0.717, 1.165) is 27.8 Å². The van der Waals surface area contributed by atoms with Crippen LogP contribution in [0.1, 0.15) is 0 Å². The standard InChI is InChI=1S/C51H29N5S/c1-3-14-30(15-4-1)49-52-50(31-16-5-2-6-17-31)54-51(53-49)38-27-29-42(48-44(38)36-20-9-12-25-43(36)57-48)56-40-24-11-8-19-33(40)35-26-28-41-45(47(35)56)37-22-13-21-34-32-18-7-10-23-39(32)55(41)46(34)37/h1-29H. The Labute approximate surface area is 329 Å². The van der Waals surface area contributed by atoms with E-state index in [2.05, 4.69) is 148 Å². The van der Waals surface area contributed by atoms with Gasteiger partial charge in [-0.15, -0.1) is 11.3 Å². The van der Waals surface area contributed by atoms with Gasteiger partial charge in [-0.05, 0) is 36.4 Å². The summed E-state index contributed by atoms with van der Waals surface area (Å²) in [6.45, 7) is 0. The van der Waals surface area contributed by atoms with Crippen molar-refractivity contribution >= 4 is 91.4 Å². The lowest BCUT2D eigenvalue weighted by atomic mass is 10.0. The van der Waals surface area contributed by atoms with Gasteiger partial charge in [0.1, 0.15) is 0 Å². The molecule has 0 amide bonds. The molecule has 0 aliphatic rings. The number of nitrogens with zero attached hydrogens (tertiary/aromatic N) is 5. The van der Waals surface area contributed by atoms with Crippen molar-refractivity contribution in [2.45, 2.75) is 0 Å². The second-order valence-corrected chi connectivity index (χ2v) is 15.8. The van der Waals surface area contributed by atoms with Crippen LogP contribution in [0.4, 0.5) is 0 Å². The molecule has 0 saturated heterocycles. The fourth-order valence-corrected chi connectivity index (χ4v) is 10.6. The van der Waals surface area contributed by atoms with Crippen LogP contribution in [0.15, 0.2) is 176 Å². The summed E-state index contributed by atoms with van der Waals surface area (Å²) < 4.78 is 7.42. The first kappa shape index (κ1) is 30.9. The first-order chi connectivity index (χ1) is 28.3. The van der Waals surface area contributed by atoms with Crippen LogP contribution >= 0.6 is 11.3 Å². The van der Waals surface area contributed by atoms with Crippen molar-refractivity contribution in [3.05, 3.63) is 176 Å². The number of thiophene rings is 1. The molecule has 0 aliphatic carbocycles. The van der Waals surface area contributed by atoms with E-state index in [9.17, 15) is 0 Å². The average Bonchev–Trinajstić information content (AvgIpc) is 4.03. The van der Waals surface area contributed by atoms with E-state index in [1.165, 1.54) is 74.7 Å². The minimum atomic E-state index is 0.653. The van der Waals surface area contributed by atoms with E-state index in [4.69, 9.17) is 15.0 Å². The highest BCUT2D eigenvalue weighted by Gasteiger charge is 2.25. The Morgan fingerprint density at radius 3 is 1.70 bits per heavy atom. The summed E-state index contributed by atoms with van der Waals surface area (Å²) in [6.07, 6.45) is 0. The number of benzene rings is 8. The molecule has 0 bridgehead atoms. The molecule has 264 valence electrons. The Hall–Kier alpha value is -7.41. The summed E-state index contributed by atoms with van der Waals surface area (Å²) in [6, 6.07) is 62.8. The Morgan fingerprint density at radius 2 is 0.947 bits per heavy atom. The van der Waals surface area contributed by atoms with E-state index in [1.807, 2.05) is 47.7 Å². The largest absolute Gasteiger partial charge is 0.308 e. The van der Waals surface area contributed by atoms with Crippen LogP contribution in [0, 0.1) is 0 Å². The van der Waals surface area contributed by atoms with Crippen LogP contribution < -0.4 is 0 Å². The third-order valence-corrected chi connectivity index (χ3v) is 12.9. The molecule has 5 aromatic heterocycles. The Kier molecular flexibility index (Phi) is 6.26. The van der Waals surface area contributed by atoms with Crippen molar-refractivity contribution in [3.8, 4) is 39.9 Å². The zero-order valence-electron chi connectivity index (χ0n) is 30.4. The molecular formula is C51H29N5S. The maximum atomic E-state index is 5.21. The molecule has 6 heteroatoms. The maximum absolute atomic E-state index is 5.21. The van der Waals surface area contributed by atoms with Gasteiger partial charge in [-0.25, -0.2) is 15.0 Å². The topological polar surface area (TPSA) is 48.0 Å². The fraction of sp³-hybridized carbons (Fsp3) is 0. The molecule has 8 aromatic carbocycles. The van der Waals surface area contributed by atoms with Gasteiger partial charge in [0.25, 0.3) is 0 Å². The van der Waals surface area contributed by atoms with Gasteiger partial charge in [0.15, 0.2) is 17.5 Å². The number of hydrogen-bond donors (Lipinski definition) is 0. The van der Waals surface area contributed by atoms with Crippen molar-refractivity contribution in [3.63, 3.8) is 0 Å². The van der Waals surface area contributed by atoms with E-state index in [0.29, 0.717) is 17.5 Å². The SMILES string of the molecule is c1ccc(-c2nc(-c3ccccc3)nc(-c3ccc(-n4c5ccccc5c5ccc6c(c7cccc8c9ccccc9n6c87)c54)c4sc5ccccc5c34)n2)cc1. The monoisotopic (exact) mass is 743 g/mol. The predicted molar refractivity (Wildman–Crippen MR) is 238 cm³/mol. The number of rotatable bonds is 4. The second kappa shape index (κ2) is 11.6. The van der Waals surface area contributed by atoms with Crippen molar-refractivity contribution in [2.24, 2.45) is 0 Å². The van der Waals surface area contributed by atoms with Crippen molar-refractivity contribution < 1.29 is 0 Å². The van der Waals surface area contributed by atoms with Crippen LogP contribution in [-0.2, 0) is 0 Å². The molecule has 5 heterocycles. The molecule has 0 saturated carbocycles. The molecule has 5 nitrogen and oxygen atoms in total. The highest BCUT2D eigenvalue weighted by molar-refractivity contribution is 7.26. The number of aromatic nitrogens is 5. The Bertz CT molecular complexity index is 3690. The van der Waals surface area contributed by atoms with Crippen LogP contribution in [-0.4, -0.2) is 23.9 Å². The first-order valence-electron chi connectivity index (χ1n) is 19.2. The molecule has 0 unspecified atom stereocenters. The van der Waals surface area contributed by atoms with E-state index in [-0.39, 0.29) is 0 Å². The van der Waals surface area contributed by atoms with Crippen molar-refractivity contribution in [1.29, 1.82) is 0 Å². The van der Waals surface area contributed by atoms with E-state index < -0.39 is 0 Å². The third-order valence-electron chi connectivity index (χ3n) is 11.7. The molecule has 0 spiro atoms. The molecule has 0 atom stereocenters. The summed E-state index contributed by atoms with van der Waals surface area (Å²) in [5.74, 6) is 1.96. The van der Waals surface area contributed by atoms with E-state index >= 15 is 0 Å². The average molecular weight is 744 g/mol. The van der Waals surface area contributed by atoms with Gasteiger partial charge in [-0.1, -0.05) is 140 Å². The van der Waals surface area contributed by atoms with Gasteiger partial charge in [-0.3, -0.25) is 0 Å². The zero-order chi connectivity index (χ0) is 37.2. The summed E-state index contributed by atoms with van der Waals surface area (Å²) in [4.78, 5) is 15.4. The van der Waals surface area contributed by atoms with Gasteiger partial charge in [0.2, 0.25) is 0 Å². The summed E-state index contributed by atoms with van der Waals surface area (Å²) in [7, 11) is 0. The molecule has 0 aliphatic heterocycles. The Morgan fingerprint density at radius 1 is 0.368 bits per heavy atom. The van der Waals surface area contributed by atoms with Crippen LogP contribution in [0.5, 0.6) is 0 Å². The maximum Gasteiger partial charge on any atom is 0.164 e. The molecule has 13 aromatic rings. The van der Waals surface area contributed by atoms with Crippen LogP contribution in [0.3, 0.4) is 0 Å². The molecule has 13 rings (SSSR count). The predicted octanol–water partition coefficient (Wildman–Crippen LogP) is 13.5. The van der Waals surface area contributed by atoms with Crippen LogP contribution in [0.2, 0.25) is 0 Å². The minimum absolute atomic E-state index is 0.653. The first-order valence-corrected chi connectivity index (χ1v) is 20.0. The molecule has 0 fully saturated rings. The fourth-order valence-electron chi connectivity index (χ4n) is 9.33. The minimum Gasteiger partial charge on any atom is -0.308 e. The number of hydrogen-bond acceptors (Lipinski definition) is 4. The lowest BCUT2D eigenvalue weighted by molar-refractivity contribution is 1.08. The Balaban J connectivity index is 1.16. The van der Waals surface area contributed by atoms with Gasteiger partial charge in [0.05, 0.1) is 38.0 Å². The normalized spacial score (nSPS) is 12.2. The van der Waals surface area contributed by atoms with Gasteiger partial charge in [0, 0.05) is 64.5 Å². The third kappa shape index (κ3) is 4.25. The molecule has 0 radical (unpaired) electrons. The highest BCUT2D eigenvalue weighted by atomic mass is 32.1. The van der Waals surface area contributed by atoms with Crippen molar-refractivity contribution in [2.75, 3.05) is 0 Å². The summed E-state index contributed by atoms with van der Waals surface area (Å²) in [5, 5.41) is 9.92. The smallest absolute Gasteiger partial charge is 0.164 e. The summed E-state index contributed by atoms with van der Waals surface area (Å²) >= 11 is 1.83. The van der Waals surface area contributed by atoms with Crippen molar-refractivity contribution in [1.82, 2.24) is 23.9 Å². The molecule has 57 heavy (non-hydrogen) atoms. The van der Waals surface area contributed by atoms with Gasteiger partial charge >= 0.3 is 0 Å². The molecule has 0 N–H and O–H groups in total. The highest BCUT2D eigenvalue weighted by Crippen LogP contribution is 2.48. The number of para-hydroxylation sites is 3. The molecular weight excluding hydrogens is 715 g/mol. The van der Waals surface area contributed by atoms with Gasteiger partial charge in [-0.2, -0.15) is 0 Å². The zero-order valence-corrected chi connectivity index (χ0v) is 31.2. The van der Waals surface area contributed by atoms with E-state index in [1.54, 1.807) is 0 Å². The lowest BCUT2D eigenvalue weighted by Crippen LogP contribution is -2.01. The van der Waals surface area contributed by atoms with Crippen LogP contribution in [0.25, 0.3) is 120 Å². The lowest BCUT2D eigenvalue weighted by Gasteiger charge is -2.14. The quantitative estimate of drug-likeness (QED) is 0.180. The number of fused-ring (bicyclic) bond motifs is 13. The summed E-state index contributed by atoms with van der Waals surface area (Å²) in [5.41, 5.74) is 10.2. The second-order valence-electron chi connectivity index (χ2n) is 14.7.